The first-order valence-electron chi connectivity index (χ1n) is 6.97. The van der Waals surface area contributed by atoms with E-state index in [9.17, 15) is 4.79 Å². The molecule has 0 aliphatic rings. The van der Waals surface area contributed by atoms with Crippen molar-refractivity contribution < 1.29 is 9.53 Å². The van der Waals surface area contributed by atoms with Crippen LogP contribution in [-0.4, -0.2) is 12.8 Å². The molecule has 2 rings (SSSR count). The smallest absolute Gasteiger partial charge is 0.321 e. The van der Waals surface area contributed by atoms with Gasteiger partial charge >= 0.3 is 6.03 Å². The van der Waals surface area contributed by atoms with Crippen molar-refractivity contribution >= 4 is 27.6 Å². The van der Waals surface area contributed by atoms with Crippen molar-refractivity contribution in [3.63, 3.8) is 0 Å². The van der Waals surface area contributed by atoms with E-state index >= 15 is 0 Å². The first-order valence-corrected chi connectivity index (χ1v) is 7.76. The van der Waals surface area contributed by atoms with Crippen molar-refractivity contribution in [1.29, 1.82) is 0 Å². The van der Waals surface area contributed by atoms with Crippen LogP contribution in [0, 0.1) is 20.8 Å². The Morgan fingerprint density at radius 1 is 1.09 bits per heavy atom. The Labute approximate surface area is 139 Å². The van der Waals surface area contributed by atoms with Gasteiger partial charge < -0.3 is 15.4 Å². The maximum atomic E-state index is 11.8. The lowest BCUT2D eigenvalue weighted by Crippen LogP contribution is -2.32. The molecule has 4 nitrogen and oxygen atoms in total. The zero-order valence-corrected chi connectivity index (χ0v) is 14.5. The largest absolute Gasteiger partial charge is 0.473 e. The number of amides is 2. The predicted molar refractivity (Wildman–Crippen MR) is 92.4 cm³/mol. The van der Waals surface area contributed by atoms with Gasteiger partial charge in [-0.1, -0.05) is 33.6 Å². The van der Waals surface area contributed by atoms with Crippen LogP contribution in [0.3, 0.4) is 0 Å². The lowest BCUT2D eigenvalue weighted by atomic mass is 10.1. The maximum Gasteiger partial charge on any atom is 0.321 e. The molecule has 116 valence electrons. The Morgan fingerprint density at radius 3 is 2.55 bits per heavy atom. The minimum atomic E-state index is -0.300. The minimum absolute atomic E-state index is 0.116. The second-order valence-corrected chi connectivity index (χ2v) is 6.01. The second-order valence-electron chi connectivity index (χ2n) is 5.15. The zero-order chi connectivity index (χ0) is 16.1. The number of hydrogen-bond acceptors (Lipinski definition) is 2. The average molecular weight is 363 g/mol. The molecule has 0 fully saturated rings. The summed E-state index contributed by atoms with van der Waals surface area (Å²) in [5, 5.41) is 5.44. The van der Waals surface area contributed by atoms with Crippen molar-refractivity contribution in [2.75, 3.05) is 12.0 Å². The van der Waals surface area contributed by atoms with Gasteiger partial charge in [-0.15, -0.1) is 0 Å². The standard InChI is InChI=1S/C17H19BrN2O2/c1-11-4-7-16(13(3)8-11)22-10-19-17(21)20-14-5-6-15(18)12(2)9-14/h4-9H,10H2,1-3H3,(H2,19,20,21). The van der Waals surface area contributed by atoms with Crippen molar-refractivity contribution in [3.05, 3.63) is 57.6 Å². The third-order valence-corrected chi connectivity index (χ3v) is 4.10. The summed E-state index contributed by atoms with van der Waals surface area (Å²) in [7, 11) is 0. The third kappa shape index (κ3) is 4.49. The van der Waals surface area contributed by atoms with E-state index in [1.807, 2.05) is 57.2 Å². The number of anilines is 1. The van der Waals surface area contributed by atoms with Gasteiger partial charge in [0, 0.05) is 10.2 Å². The third-order valence-electron chi connectivity index (χ3n) is 3.21. The molecule has 0 bridgehead atoms. The predicted octanol–water partition coefficient (Wildman–Crippen LogP) is 4.53. The summed E-state index contributed by atoms with van der Waals surface area (Å²) in [6, 6.07) is 11.3. The Balaban J connectivity index is 1.83. The van der Waals surface area contributed by atoms with E-state index in [2.05, 4.69) is 26.6 Å². The van der Waals surface area contributed by atoms with Crippen LogP contribution < -0.4 is 15.4 Å². The van der Waals surface area contributed by atoms with Crippen LogP contribution in [-0.2, 0) is 0 Å². The lowest BCUT2D eigenvalue weighted by molar-refractivity contribution is 0.234. The number of benzene rings is 2. The molecule has 2 aromatic carbocycles. The molecule has 0 aliphatic carbocycles. The van der Waals surface area contributed by atoms with Gasteiger partial charge in [0.25, 0.3) is 0 Å². The molecule has 2 aromatic rings. The van der Waals surface area contributed by atoms with Gasteiger partial charge in [-0.3, -0.25) is 0 Å². The van der Waals surface area contributed by atoms with E-state index in [0.29, 0.717) is 0 Å². The second kappa shape index (κ2) is 7.31. The van der Waals surface area contributed by atoms with E-state index < -0.39 is 0 Å². The highest BCUT2D eigenvalue weighted by molar-refractivity contribution is 9.10. The van der Waals surface area contributed by atoms with Gasteiger partial charge in [-0.05, 0) is 56.2 Å². The van der Waals surface area contributed by atoms with Crippen LogP contribution >= 0.6 is 15.9 Å². The molecule has 5 heteroatoms. The fraction of sp³-hybridized carbons (Fsp3) is 0.235. The number of nitrogens with one attached hydrogen (secondary N) is 2. The van der Waals surface area contributed by atoms with E-state index in [1.54, 1.807) is 0 Å². The molecule has 0 spiro atoms. The Morgan fingerprint density at radius 2 is 1.86 bits per heavy atom. The average Bonchev–Trinajstić information content (AvgIpc) is 2.45. The monoisotopic (exact) mass is 362 g/mol. The fourth-order valence-electron chi connectivity index (χ4n) is 2.04. The SMILES string of the molecule is Cc1ccc(OCNC(=O)Nc2ccc(Br)c(C)c2)c(C)c1. The van der Waals surface area contributed by atoms with Crippen LogP contribution in [0.4, 0.5) is 10.5 Å². The summed E-state index contributed by atoms with van der Waals surface area (Å²) in [6.45, 7) is 6.09. The number of ether oxygens (including phenoxy) is 1. The quantitative estimate of drug-likeness (QED) is 0.784. The summed E-state index contributed by atoms with van der Waals surface area (Å²) < 4.78 is 6.57. The van der Waals surface area contributed by atoms with E-state index in [0.717, 1.165) is 27.0 Å². The van der Waals surface area contributed by atoms with Crippen molar-refractivity contribution in [1.82, 2.24) is 5.32 Å². The Bertz CT molecular complexity index is 686. The summed E-state index contributed by atoms with van der Waals surface area (Å²) in [6.07, 6.45) is 0. The summed E-state index contributed by atoms with van der Waals surface area (Å²) in [5.41, 5.74) is 4.03. The van der Waals surface area contributed by atoms with Gasteiger partial charge in [-0.25, -0.2) is 4.79 Å². The molecule has 0 radical (unpaired) electrons. The normalized spacial score (nSPS) is 10.2. The number of rotatable bonds is 4. The fourth-order valence-corrected chi connectivity index (χ4v) is 2.29. The van der Waals surface area contributed by atoms with Crippen LogP contribution in [0.2, 0.25) is 0 Å². The zero-order valence-electron chi connectivity index (χ0n) is 12.9. The first kappa shape index (κ1) is 16.4. The first-order chi connectivity index (χ1) is 10.5. The number of urea groups is 1. The van der Waals surface area contributed by atoms with Crippen LogP contribution in [0.5, 0.6) is 5.75 Å². The van der Waals surface area contributed by atoms with Crippen molar-refractivity contribution in [2.45, 2.75) is 20.8 Å². The lowest BCUT2D eigenvalue weighted by Gasteiger charge is -2.12. The molecular formula is C17H19BrN2O2. The van der Waals surface area contributed by atoms with E-state index in [-0.39, 0.29) is 12.8 Å². The Hall–Kier alpha value is -2.01. The van der Waals surface area contributed by atoms with Gasteiger partial charge in [0.2, 0.25) is 0 Å². The number of carbonyl (C=O) groups is 1. The van der Waals surface area contributed by atoms with Crippen LogP contribution in [0.25, 0.3) is 0 Å². The summed E-state index contributed by atoms with van der Waals surface area (Å²) in [5.74, 6) is 0.769. The van der Waals surface area contributed by atoms with Crippen LogP contribution in [0.15, 0.2) is 40.9 Å². The maximum absolute atomic E-state index is 11.8. The number of carbonyl (C=O) groups excluding carboxylic acids is 1. The molecule has 0 aliphatic heterocycles. The molecule has 2 N–H and O–H groups in total. The molecule has 0 unspecified atom stereocenters. The molecule has 0 aromatic heterocycles. The molecule has 2 amide bonds. The summed E-state index contributed by atoms with van der Waals surface area (Å²) in [4.78, 5) is 11.8. The van der Waals surface area contributed by atoms with Gasteiger partial charge in [-0.2, -0.15) is 0 Å². The topological polar surface area (TPSA) is 50.4 Å². The number of hydrogen-bond donors (Lipinski definition) is 2. The van der Waals surface area contributed by atoms with Gasteiger partial charge in [0.05, 0.1) is 0 Å². The molecule has 0 saturated heterocycles. The number of halogens is 1. The molecular weight excluding hydrogens is 344 g/mol. The highest BCUT2D eigenvalue weighted by atomic mass is 79.9. The van der Waals surface area contributed by atoms with E-state index in [1.165, 1.54) is 5.56 Å². The van der Waals surface area contributed by atoms with Gasteiger partial charge in [0.15, 0.2) is 6.73 Å². The van der Waals surface area contributed by atoms with Crippen LogP contribution in [0.1, 0.15) is 16.7 Å². The van der Waals surface area contributed by atoms with Crippen molar-refractivity contribution in [3.8, 4) is 5.75 Å². The van der Waals surface area contributed by atoms with Crippen molar-refractivity contribution in [2.24, 2.45) is 0 Å². The highest BCUT2D eigenvalue weighted by Gasteiger charge is 2.04. The number of aryl methyl sites for hydroxylation is 3. The highest BCUT2D eigenvalue weighted by Crippen LogP contribution is 2.20. The summed E-state index contributed by atoms with van der Waals surface area (Å²) >= 11 is 3.43. The minimum Gasteiger partial charge on any atom is -0.473 e. The van der Waals surface area contributed by atoms with E-state index in [4.69, 9.17) is 4.74 Å². The van der Waals surface area contributed by atoms with Gasteiger partial charge in [0.1, 0.15) is 5.75 Å². The molecule has 22 heavy (non-hydrogen) atoms. The molecule has 0 atom stereocenters. The molecule has 0 saturated carbocycles. The molecule has 0 heterocycles. The Kier molecular flexibility index (Phi) is 5.44.